The summed E-state index contributed by atoms with van der Waals surface area (Å²) < 4.78 is 10.5. The fourth-order valence-corrected chi connectivity index (χ4v) is 1.99. The Bertz CT molecular complexity index is 417. The Hall–Kier alpha value is -1.26. The second kappa shape index (κ2) is 4.72. The maximum absolute atomic E-state index is 10.8. The number of rotatable bonds is 4. The van der Waals surface area contributed by atoms with Gasteiger partial charge in [-0.2, -0.15) is 0 Å². The SMILES string of the molecule is O=Cc1cc(Cl)c(CCCO)c2c1OCO2. The second-order valence-electron chi connectivity index (χ2n) is 3.44. The maximum Gasteiger partial charge on any atom is 0.231 e. The molecule has 0 saturated carbocycles. The van der Waals surface area contributed by atoms with E-state index in [2.05, 4.69) is 0 Å². The molecule has 1 aliphatic heterocycles. The highest BCUT2D eigenvalue weighted by Gasteiger charge is 2.24. The Morgan fingerprint density at radius 3 is 2.88 bits per heavy atom. The molecule has 0 fully saturated rings. The number of hydrogen-bond acceptors (Lipinski definition) is 4. The molecule has 2 rings (SSSR count). The molecule has 1 aromatic carbocycles. The summed E-state index contributed by atoms with van der Waals surface area (Å²) in [7, 11) is 0. The van der Waals surface area contributed by atoms with Crippen molar-refractivity contribution in [3.63, 3.8) is 0 Å². The third-order valence-electron chi connectivity index (χ3n) is 2.43. The zero-order chi connectivity index (χ0) is 11.5. The van der Waals surface area contributed by atoms with Gasteiger partial charge in [0.2, 0.25) is 6.79 Å². The largest absolute Gasteiger partial charge is 0.453 e. The van der Waals surface area contributed by atoms with Gasteiger partial charge in [0, 0.05) is 17.2 Å². The Morgan fingerprint density at radius 2 is 2.19 bits per heavy atom. The molecular formula is C11H11ClO4. The maximum atomic E-state index is 10.8. The van der Waals surface area contributed by atoms with E-state index in [4.69, 9.17) is 26.2 Å². The minimum Gasteiger partial charge on any atom is -0.453 e. The molecule has 0 radical (unpaired) electrons. The number of ether oxygens (including phenoxy) is 2. The zero-order valence-corrected chi connectivity index (χ0v) is 9.29. The van der Waals surface area contributed by atoms with E-state index >= 15 is 0 Å². The van der Waals surface area contributed by atoms with Gasteiger partial charge in [0.05, 0.1) is 5.56 Å². The van der Waals surface area contributed by atoms with E-state index in [1.165, 1.54) is 0 Å². The smallest absolute Gasteiger partial charge is 0.231 e. The molecule has 4 nitrogen and oxygen atoms in total. The lowest BCUT2D eigenvalue weighted by molar-refractivity contribution is 0.111. The molecule has 0 saturated heterocycles. The van der Waals surface area contributed by atoms with Crippen molar-refractivity contribution in [3.05, 3.63) is 22.2 Å². The van der Waals surface area contributed by atoms with Crippen molar-refractivity contribution in [2.75, 3.05) is 13.4 Å². The van der Waals surface area contributed by atoms with Gasteiger partial charge < -0.3 is 14.6 Å². The molecule has 0 atom stereocenters. The van der Waals surface area contributed by atoms with Crippen molar-refractivity contribution < 1.29 is 19.4 Å². The molecule has 16 heavy (non-hydrogen) atoms. The van der Waals surface area contributed by atoms with Gasteiger partial charge in [0.25, 0.3) is 0 Å². The molecule has 86 valence electrons. The highest BCUT2D eigenvalue weighted by molar-refractivity contribution is 6.32. The van der Waals surface area contributed by atoms with Crippen LogP contribution in [0.5, 0.6) is 11.5 Å². The first-order valence-corrected chi connectivity index (χ1v) is 5.32. The van der Waals surface area contributed by atoms with Crippen molar-refractivity contribution in [1.29, 1.82) is 0 Å². The summed E-state index contributed by atoms with van der Waals surface area (Å²) in [4.78, 5) is 10.8. The van der Waals surface area contributed by atoms with E-state index in [0.29, 0.717) is 41.2 Å². The van der Waals surface area contributed by atoms with Crippen LogP contribution in [0.4, 0.5) is 0 Å². The summed E-state index contributed by atoms with van der Waals surface area (Å²) in [5.74, 6) is 0.982. The average Bonchev–Trinajstić information content (AvgIpc) is 2.76. The van der Waals surface area contributed by atoms with Gasteiger partial charge in [-0.1, -0.05) is 11.6 Å². The predicted octanol–water partition coefficient (Wildman–Crippen LogP) is 1.81. The van der Waals surface area contributed by atoms with E-state index in [1.54, 1.807) is 6.07 Å². The van der Waals surface area contributed by atoms with Crippen LogP contribution in [0.1, 0.15) is 22.3 Å². The van der Waals surface area contributed by atoms with Gasteiger partial charge in [-0.15, -0.1) is 0 Å². The summed E-state index contributed by atoms with van der Waals surface area (Å²) >= 11 is 6.05. The van der Waals surface area contributed by atoms with Crippen LogP contribution in [0.25, 0.3) is 0 Å². The molecule has 0 spiro atoms. The van der Waals surface area contributed by atoms with Gasteiger partial charge in [0.15, 0.2) is 17.8 Å². The highest BCUT2D eigenvalue weighted by atomic mass is 35.5. The quantitative estimate of drug-likeness (QED) is 0.818. The molecule has 0 bridgehead atoms. The van der Waals surface area contributed by atoms with Gasteiger partial charge in [-0.25, -0.2) is 0 Å². The monoisotopic (exact) mass is 242 g/mol. The fourth-order valence-electron chi connectivity index (χ4n) is 1.69. The molecule has 0 aromatic heterocycles. The Labute approximate surface area is 97.7 Å². The summed E-state index contributed by atoms with van der Waals surface area (Å²) in [5, 5.41) is 9.27. The van der Waals surface area contributed by atoms with Crippen LogP contribution in [0, 0.1) is 0 Å². The van der Waals surface area contributed by atoms with Crippen LogP contribution in [-0.4, -0.2) is 24.8 Å². The van der Waals surface area contributed by atoms with Gasteiger partial charge in [0.1, 0.15) is 0 Å². The number of benzene rings is 1. The van der Waals surface area contributed by atoms with Crippen LogP contribution >= 0.6 is 11.6 Å². The second-order valence-corrected chi connectivity index (χ2v) is 3.84. The molecule has 1 heterocycles. The summed E-state index contributed by atoms with van der Waals surface area (Å²) in [5.41, 5.74) is 1.18. The lowest BCUT2D eigenvalue weighted by Crippen LogP contribution is -1.96. The number of aliphatic hydroxyl groups excluding tert-OH is 1. The lowest BCUT2D eigenvalue weighted by Gasteiger charge is -2.08. The molecule has 1 aromatic rings. The number of fused-ring (bicyclic) bond motifs is 1. The summed E-state index contributed by atoms with van der Waals surface area (Å²) in [6.45, 7) is 0.185. The minimum atomic E-state index is 0.0847. The number of carbonyl (C=O) groups excluding carboxylic acids is 1. The molecule has 0 unspecified atom stereocenters. The van der Waals surface area contributed by atoms with Crippen LogP contribution in [0.15, 0.2) is 6.07 Å². The Morgan fingerprint density at radius 1 is 1.44 bits per heavy atom. The molecule has 0 amide bonds. The van der Waals surface area contributed by atoms with Crippen LogP contribution in [0.2, 0.25) is 5.02 Å². The van der Waals surface area contributed by atoms with E-state index in [9.17, 15) is 4.79 Å². The normalized spacial score (nSPS) is 12.9. The van der Waals surface area contributed by atoms with Crippen molar-refractivity contribution in [1.82, 2.24) is 0 Å². The van der Waals surface area contributed by atoms with Crippen molar-refractivity contribution >= 4 is 17.9 Å². The lowest BCUT2D eigenvalue weighted by atomic mass is 10.0. The molecule has 1 aliphatic rings. The van der Waals surface area contributed by atoms with E-state index < -0.39 is 0 Å². The number of aldehydes is 1. The first-order valence-electron chi connectivity index (χ1n) is 4.95. The van der Waals surface area contributed by atoms with Crippen LogP contribution in [0.3, 0.4) is 0 Å². The number of hydrogen-bond donors (Lipinski definition) is 1. The molecule has 1 N–H and O–H groups in total. The van der Waals surface area contributed by atoms with Crippen LogP contribution in [-0.2, 0) is 6.42 Å². The number of aliphatic hydroxyl groups is 1. The summed E-state index contributed by atoms with van der Waals surface area (Å²) in [6, 6.07) is 1.56. The van der Waals surface area contributed by atoms with Gasteiger partial charge >= 0.3 is 0 Å². The number of carbonyl (C=O) groups is 1. The van der Waals surface area contributed by atoms with E-state index in [-0.39, 0.29) is 13.4 Å². The van der Waals surface area contributed by atoms with E-state index in [0.717, 1.165) is 5.56 Å². The number of halogens is 1. The Balaban J connectivity index is 2.45. The first-order chi connectivity index (χ1) is 7.77. The standard InChI is InChI=1S/C11H11ClO4/c12-9-4-7(5-14)10-11(16-6-15-10)8(9)2-1-3-13/h4-5,13H,1-3,6H2. The summed E-state index contributed by atoms with van der Waals surface area (Å²) in [6.07, 6.45) is 1.88. The molecular weight excluding hydrogens is 232 g/mol. The Kier molecular flexibility index (Phi) is 3.31. The van der Waals surface area contributed by atoms with Crippen molar-refractivity contribution in [2.24, 2.45) is 0 Å². The van der Waals surface area contributed by atoms with Crippen LogP contribution < -0.4 is 9.47 Å². The van der Waals surface area contributed by atoms with E-state index in [1.807, 2.05) is 0 Å². The van der Waals surface area contributed by atoms with Gasteiger partial charge in [-0.05, 0) is 18.9 Å². The van der Waals surface area contributed by atoms with Gasteiger partial charge in [-0.3, -0.25) is 4.79 Å². The average molecular weight is 243 g/mol. The van der Waals surface area contributed by atoms with Crippen molar-refractivity contribution in [2.45, 2.75) is 12.8 Å². The predicted molar refractivity (Wildman–Crippen MR) is 58.4 cm³/mol. The third-order valence-corrected chi connectivity index (χ3v) is 2.77. The highest BCUT2D eigenvalue weighted by Crippen LogP contribution is 2.42. The molecule has 5 heteroatoms. The van der Waals surface area contributed by atoms with Crippen molar-refractivity contribution in [3.8, 4) is 11.5 Å². The zero-order valence-electron chi connectivity index (χ0n) is 8.53. The third kappa shape index (κ3) is 1.86. The first kappa shape index (κ1) is 11.2. The minimum absolute atomic E-state index is 0.0847. The topological polar surface area (TPSA) is 55.8 Å². The molecule has 0 aliphatic carbocycles. The fraction of sp³-hybridized carbons (Fsp3) is 0.364.